The molecule has 1 unspecified atom stereocenters. The van der Waals surface area contributed by atoms with Gasteiger partial charge in [0.15, 0.2) is 0 Å². The van der Waals surface area contributed by atoms with Crippen molar-refractivity contribution in [1.29, 1.82) is 0 Å². The van der Waals surface area contributed by atoms with Crippen LogP contribution in [0.15, 0.2) is 0 Å². The Morgan fingerprint density at radius 3 is 1.84 bits per heavy atom. The number of unbranched alkanes of at least 4 members (excludes halogenated alkanes) is 3. The van der Waals surface area contributed by atoms with Crippen molar-refractivity contribution in [2.45, 2.75) is 84.5 Å². The van der Waals surface area contributed by atoms with Crippen LogP contribution in [0.4, 0.5) is 0 Å². The molecule has 0 N–H and O–H groups in total. The van der Waals surface area contributed by atoms with Gasteiger partial charge in [0.05, 0.1) is 13.2 Å². The summed E-state index contributed by atoms with van der Waals surface area (Å²) in [4.78, 5) is 23.2. The quantitative estimate of drug-likeness (QED) is 0.279. The molecule has 0 aliphatic heterocycles. The molecule has 0 aromatic heterocycles. The van der Waals surface area contributed by atoms with Crippen molar-refractivity contribution in [3.63, 3.8) is 0 Å². The maximum atomic E-state index is 11.7. The van der Waals surface area contributed by atoms with Crippen LogP contribution < -0.4 is 0 Å². The lowest BCUT2D eigenvalue weighted by Crippen LogP contribution is -2.12. The van der Waals surface area contributed by atoms with E-state index in [1.807, 2.05) is 0 Å². The standard InChI is InChI=1S/C20H38O5/c1-4-6-10-18(13-16-23-3)14-17-25-20(22)12-9-8-11-19(21)24-15-7-5-2/h18H,4-17H2,1-3H3. The molecule has 0 amide bonds. The van der Waals surface area contributed by atoms with Gasteiger partial charge in [0.1, 0.15) is 0 Å². The first-order valence-corrected chi connectivity index (χ1v) is 9.94. The van der Waals surface area contributed by atoms with E-state index < -0.39 is 0 Å². The molecule has 0 saturated heterocycles. The summed E-state index contributed by atoms with van der Waals surface area (Å²) in [5.41, 5.74) is 0. The fourth-order valence-electron chi connectivity index (χ4n) is 2.56. The van der Waals surface area contributed by atoms with Gasteiger partial charge in [0.25, 0.3) is 0 Å². The lowest BCUT2D eigenvalue weighted by Gasteiger charge is -2.16. The Morgan fingerprint density at radius 1 is 0.720 bits per heavy atom. The third-order valence-electron chi connectivity index (χ3n) is 4.26. The average molecular weight is 359 g/mol. The molecule has 0 spiro atoms. The fraction of sp³-hybridized carbons (Fsp3) is 0.900. The van der Waals surface area contributed by atoms with E-state index in [0.717, 1.165) is 38.7 Å². The second-order valence-corrected chi connectivity index (χ2v) is 6.58. The summed E-state index contributed by atoms with van der Waals surface area (Å²) in [5.74, 6) is 0.227. The number of ether oxygens (including phenoxy) is 3. The van der Waals surface area contributed by atoms with Crippen LogP contribution in [0.2, 0.25) is 0 Å². The third-order valence-corrected chi connectivity index (χ3v) is 4.26. The van der Waals surface area contributed by atoms with Crippen molar-refractivity contribution in [3.8, 4) is 0 Å². The minimum absolute atomic E-state index is 0.166. The molecule has 5 heteroatoms. The van der Waals surface area contributed by atoms with Gasteiger partial charge in [-0.15, -0.1) is 0 Å². The Morgan fingerprint density at radius 2 is 1.28 bits per heavy atom. The van der Waals surface area contributed by atoms with Gasteiger partial charge in [0, 0.05) is 26.6 Å². The van der Waals surface area contributed by atoms with Gasteiger partial charge in [-0.3, -0.25) is 9.59 Å². The molecular weight excluding hydrogens is 320 g/mol. The van der Waals surface area contributed by atoms with Gasteiger partial charge in [-0.2, -0.15) is 0 Å². The molecule has 0 fully saturated rings. The second-order valence-electron chi connectivity index (χ2n) is 6.58. The van der Waals surface area contributed by atoms with E-state index in [9.17, 15) is 9.59 Å². The average Bonchev–Trinajstić information content (AvgIpc) is 2.60. The van der Waals surface area contributed by atoms with Crippen molar-refractivity contribution >= 4 is 11.9 Å². The van der Waals surface area contributed by atoms with Crippen LogP contribution in [-0.2, 0) is 23.8 Å². The highest BCUT2D eigenvalue weighted by molar-refractivity contribution is 5.70. The topological polar surface area (TPSA) is 61.8 Å². The molecule has 1 atom stereocenters. The molecule has 0 aliphatic carbocycles. The van der Waals surface area contributed by atoms with Crippen molar-refractivity contribution in [1.82, 2.24) is 0 Å². The van der Waals surface area contributed by atoms with Gasteiger partial charge < -0.3 is 14.2 Å². The van der Waals surface area contributed by atoms with E-state index in [1.165, 1.54) is 12.8 Å². The normalized spacial score (nSPS) is 12.0. The summed E-state index contributed by atoms with van der Waals surface area (Å²) in [6.45, 7) is 5.99. The highest BCUT2D eigenvalue weighted by Crippen LogP contribution is 2.17. The van der Waals surface area contributed by atoms with Crippen molar-refractivity contribution < 1.29 is 23.8 Å². The van der Waals surface area contributed by atoms with E-state index >= 15 is 0 Å². The largest absolute Gasteiger partial charge is 0.466 e. The summed E-state index contributed by atoms with van der Waals surface area (Å²) >= 11 is 0. The van der Waals surface area contributed by atoms with Crippen molar-refractivity contribution in [2.24, 2.45) is 5.92 Å². The molecule has 0 saturated carbocycles. The van der Waals surface area contributed by atoms with E-state index in [-0.39, 0.29) is 11.9 Å². The first kappa shape index (κ1) is 23.9. The van der Waals surface area contributed by atoms with Gasteiger partial charge >= 0.3 is 11.9 Å². The fourth-order valence-corrected chi connectivity index (χ4v) is 2.56. The Kier molecular flexibility index (Phi) is 16.9. The number of carbonyl (C=O) groups is 2. The van der Waals surface area contributed by atoms with Crippen LogP contribution in [0.1, 0.15) is 84.5 Å². The number of esters is 2. The van der Waals surface area contributed by atoms with Crippen LogP contribution in [0, 0.1) is 5.92 Å². The van der Waals surface area contributed by atoms with E-state index in [2.05, 4.69) is 13.8 Å². The van der Waals surface area contributed by atoms with E-state index in [0.29, 0.717) is 44.8 Å². The number of methoxy groups -OCH3 is 1. The molecule has 0 aromatic carbocycles. The van der Waals surface area contributed by atoms with E-state index in [1.54, 1.807) is 7.11 Å². The number of rotatable bonds is 17. The number of hydrogen-bond donors (Lipinski definition) is 0. The second kappa shape index (κ2) is 17.7. The Balaban J connectivity index is 3.68. The summed E-state index contributed by atoms with van der Waals surface area (Å²) in [5, 5.41) is 0. The minimum Gasteiger partial charge on any atom is -0.466 e. The van der Waals surface area contributed by atoms with Crippen LogP contribution >= 0.6 is 0 Å². The lowest BCUT2D eigenvalue weighted by atomic mass is 9.96. The Labute approximate surface area is 153 Å². The Bertz CT molecular complexity index is 322. The van der Waals surface area contributed by atoms with E-state index in [4.69, 9.17) is 14.2 Å². The maximum Gasteiger partial charge on any atom is 0.305 e. The molecular formula is C20H38O5. The molecule has 0 bridgehead atoms. The zero-order chi connectivity index (χ0) is 18.8. The zero-order valence-corrected chi connectivity index (χ0v) is 16.5. The van der Waals surface area contributed by atoms with Gasteiger partial charge in [-0.1, -0.05) is 39.5 Å². The highest BCUT2D eigenvalue weighted by atomic mass is 16.5. The maximum absolute atomic E-state index is 11.7. The lowest BCUT2D eigenvalue weighted by molar-refractivity contribution is -0.146. The number of carbonyl (C=O) groups excluding carboxylic acids is 2. The summed E-state index contributed by atoms with van der Waals surface area (Å²) in [6.07, 6.45) is 9.50. The minimum atomic E-state index is -0.168. The Hall–Kier alpha value is -1.10. The summed E-state index contributed by atoms with van der Waals surface area (Å²) in [7, 11) is 1.72. The SMILES string of the molecule is CCCCOC(=O)CCCCC(=O)OCCC(CCCC)CCOC. The smallest absolute Gasteiger partial charge is 0.305 e. The van der Waals surface area contributed by atoms with Gasteiger partial charge in [0.2, 0.25) is 0 Å². The number of hydrogen-bond acceptors (Lipinski definition) is 5. The molecule has 0 heterocycles. The van der Waals surface area contributed by atoms with Crippen molar-refractivity contribution in [2.75, 3.05) is 26.9 Å². The van der Waals surface area contributed by atoms with Crippen LogP contribution in [-0.4, -0.2) is 38.9 Å². The third kappa shape index (κ3) is 16.1. The van der Waals surface area contributed by atoms with Crippen molar-refractivity contribution in [3.05, 3.63) is 0 Å². The van der Waals surface area contributed by atoms with Crippen LogP contribution in [0.3, 0.4) is 0 Å². The zero-order valence-electron chi connectivity index (χ0n) is 16.5. The predicted octanol–water partition coefficient (Wildman–Crippen LogP) is 4.67. The van der Waals surface area contributed by atoms with Crippen LogP contribution in [0.5, 0.6) is 0 Å². The van der Waals surface area contributed by atoms with Gasteiger partial charge in [-0.05, 0) is 38.0 Å². The first-order valence-electron chi connectivity index (χ1n) is 9.94. The van der Waals surface area contributed by atoms with Gasteiger partial charge in [-0.25, -0.2) is 0 Å². The molecule has 0 rings (SSSR count). The summed E-state index contributed by atoms with van der Waals surface area (Å²) < 4.78 is 15.6. The molecule has 0 aromatic rings. The molecule has 5 nitrogen and oxygen atoms in total. The molecule has 148 valence electrons. The highest BCUT2D eigenvalue weighted by Gasteiger charge is 2.10. The molecule has 25 heavy (non-hydrogen) atoms. The monoisotopic (exact) mass is 358 g/mol. The summed E-state index contributed by atoms with van der Waals surface area (Å²) in [6, 6.07) is 0. The first-order chi connectivity index (χ1) is 12.1. The molecule has 0 radical (unpaired) electrons. The predicted molar refractivity (Wildman–Crippen MR) is 99.4 cm³/mol. The van der Waals surface area contributed by atoms with Crippen LogP contribution in [0.25, 0.3) is 0 Å². The molecule has 0 aliphatic rings.